The SMILES string of the molecule is NC(=O)Cc1ccc(OCC(=O)NS(=O)(=O)N2CCCc3ccccc32)cc1. The summed E-state index contributed by atoms with van der Waals surface area (Å²) in [6, 6.07) is 13.7. The van der Waals surface area contributed by atoms with Gasteiger partial charge in [-0.3, -0.25) is 13.9 Å². The first-order valence-corrected chi connectivity index (χ1v) is 10.2. The highest BCUT2D eigenvalue weighted by Gasteiger charge is 2.28. The average Bonchev–Trinajstić information content (AvgIpc) is 2.66. The third kappa shape index (κ3) is 4.80. The van der Waals surface area contributed by atoms with Crippen molar-refractivity contribution in [3.8, 4) is 5.75 Å². The smallest absolute Gasteiger partial charge is 0.326 e. The van der Waals surface area contributed by atoms with Crippen LogP contribution < -0.4 is 19.5 Å². The van der Waals surface area contributed by atoms with E-state index in [4.69, 9.17) is 10.5 Å². The maximum absolute atomic E-state index is 12.6. The first-order chi connectivity index (χ1) is 13.3. The monoisotopic (exact) mass is 403 g/mol. The predicted molar refractivity (Wildman–Crippen MR) is 104 cm³/mol. The number of nitrogens with two attached hydrogens (primary N) is 1. The molecule has 2 amide bonds. The minimum atomic E-state index is -4.02. The molecule has 0 saturated heterocycles. The van der Waals surface area contributed by atoms with Crippen molar-refractivity contribution in [2.75, 3.05) is 17.5 Å². The molecular formula is C19H21N3O5S. The number of aryl methyl sites for hydroxylation is 1. The van der Waals surface area contributed by atoms with Gasteiger partial charge in [0.25, 0.3) is 5.91 Å². The summed E-state index contributed by atoms with van der Waals surface area (Å²) in [5.41, 5.74) is 7.36. The minimum absolute atomic E-state index is 0.107. The number of hydrogen-bond acceptors (Lipinski definition) is 5. The second kappa shape index (κ2) is 8.30. The fraction of sp³-hybridized carbons (Fsp3) is 0.263. The summed E-state index contributed by atoms with van der Waals surface area (Å²) in [5.74, 6) is -0.842. The number of anilines is 1. The van der Waals surface area contributed by atoms with E-state index in [1.165, 1.54) is 4.31 Å². The van der Waals surface area contributed by atoms with Crippen molar-refractivity contribution in [3.05, 3.63) is 59.7 Å². The van der Waals surface area contributed by atoms with Gasteiger partial charge in [-0.15, -0.1) is 0 Å². The number of hydrogen-bond donors (Lipinski definition) is 2. The molecule has 2 aromatic carbocycles. The van der Waals surface area contributed by atoms with E-state index in [-0.39, 0.29) is 6.42 Å². The lowest BCUT2D eigenvalue weighted by Crippen LogP contribution is -2.47. The Hall–Kier alpha value is -3.07. The molecule has 0 aliphatic carbocycles. The molecule has 0 spiro atoms. The van der Waals surface area contributed by atoms with Crippen molar-refractivity contribution < 1.29 is 22.7 Å². The van der Waals surface area contributed by atoms with Gasteiger partial charge in [-0.1, -0.05) is 30.3 Å². The number of carbonyl (C=O) groups excluding carboxylic acids is 2. The summed E-state index contributed by atoms with van der Waals surface area (Å²) in [4.78, 5) is 23.0. The molecule has 1 aliphatic heterocycles. The first-order valence-electron chi connectivity index (χ1n) is 8.76. The van der Waals surface area contributed by atoms with Gasteiger partial charge in [-0.05, 0) is 42.2 Å². The molecule has 0 atom stereocenters. The highest BCUT2D eigenvalue weighted by molar-refractivity contribution is 7.91. The summed E-state index contributed by atoms with van der Waals surface area (Å²) < 4.78 is 33.8. The van der Waals surface area contributed by atoms with E-state index in [0.29, 0.717) is 24.4 Å². The van der Waals surface area contributed by atoms with Crippen LogP contribution in [0.2, 0.25) is 0 Å². The number of primary amides is 1. The average molecular weight is 403 g/mol. The van der Waals surface area contributed by atoms with Crippen molar-refractivity contribution in [2.24, 2.45) is 5.73 Å². The molecule has 0 aromatic heterocycles. The topological polar surface area (TPSA) is 119 Å². The second-order valence-corrected chi connectivity index (χ2v) is 8.01. The second-order valence-electron chi connectivity index (χ2n) is 6.41. The van der Waals surface area contributed by atoms with E-state index in [1.807, 2.05) is 16.9 Å². The van der Waals surface area contributed by atoms with Crippen LogP contribution in [-0.4, -0.2) is 33.4 Å². The van der Waals surface area contributed by atoms with Gasteiger partial charge < -0.3 is 10.5 Å². The predicted octanol–water partition coefficient (Wildman–Crippen LogP) is 0.907. The standard InChI is InChI=1S/C19H21N3O5S/c20-18(23)12-14-7-9-16(10-8-14)27-13-19(24)21-28(25,26)22-11-3-5-15-4-1-2-6-17(15)22/h1-2,4,6-10H,3,5,11-13H2,(H2,20,23)(H,21,24). The van der Waals surface area contributed by atoms with Crippen LogP contribution in [0.15, 0.2) is 48.5 Å². The van der Waals surface area contributed by atoms with Crippen LogP contribution in [-0.2, 0) is 32.6 Å². The van der Waals surface area contributed by atoms with Crippen molar-refractivity contribution in [2.45, 2.75) is 19.3 Å². The van der Waals surface area contributed by atoms with E-state index < -0.39 is 28.6 Å². The Kier molecular flexibility index (Phi) is 5.84. The largest absolute Gasteiger partial charge is 0.484 e. The van der Waals surface area contributed by atoms with Crippen LogP contribution in [0, 0.1) is 0 Å². The van der Waals surface area contributed by atoms with Crippen molar-refractivity contribution in [1.82, 2.24) is 4.72 Å². The van der Waals surface area contributed by atoms with Crippen LogP contribution in [0.1, 0.15) is 17.5 Å². The number of rotatable bonds is 7. The molecule has 0 saturated carbocycles. The number of nitrogens with zero attached hydrogens (tertiary/aromatic N) is 1. The summed E-state index contributed by atoms with van der Waals surface area (Å²) >= 11 is 0. The van der Waals surface area contributed by atoms with Crippen LogP contribution in [0.25, 0.3) is 0 Å². The Bertz CT molecular complexity index is 973. The van der Waals surface area contributed by atoms with Gasteiger partial charge in [-0.2, -0.15) is 8.42 Å². The van der Waals surface area contributed by atoms with Crippen molar-refractivity contribution in [1.29, 1.82) is 0 Å². The molecule has 9 heteroatoms. The molecule has 3 rings (SSSR count). The fourth-order valence-corrected chi connectivity index (χ4v) is 4.29. The van der Waals surface area contributed by atoms with E-state index >= 15 is 0 Å². The number of amides is 2. The molecule has 2 aromatic rings. The molecule has 0 radical (unpaired) electrons. The summed E-state index contributed by atoms with van der Waals surface area (Å²) in [7, 11) is -4.02. The molecule has 1 heterocycles. The van der Waals surface area contributed by atoms with Gasteiger partial charge >= 0.3 is 10.2 Å². The normalized spacial score (nSPS) is 13.5. The van der Waals surface area contributed by atoms with Gasteiger partial charge in [0.05, 0.1) is 12.1 Å². The number of ether oxygens (including phenoxy) is 1. The van der Waals surface area contributed by atoms with Gasteiger partial charge in [0.2, 0.25) is 5.91 Å². The molecule has 0 bridgehead atoms. The zero-order valence-corrected chi connectivity index (χ0v) is 15.9. The quantitative estimate of drug-likeness (QED) is 0.712. The van der Waals surface area contributed by atoms with E-state index in [9.17, 15) is 18.0 Å². The van der Waals surface area contributed by atoms with Crippen LogP contribution in [0.4, 0.5) is 5.69 Å². The summed E-state index contributed by atoms with van der Waals surface area (Å²) in [5, 5.41) is 0. The number of carbonyl (C=O) groups is 2. The zero-order chi connectivity index (χ0) is 20.1. The Labute approximate surface area is 163 Å². The van der Waals surface area contributed by atoms with Gasteiger partial charge in [0.15, 0.2) is 6.61 Å². The Balaban J connectivity index is 1.59. The lowest BCUT2D eigenvalue weighted by atomic mass is 10.0. The maximum Gasteiger partial charge on any atom is 0.326 e. The molecule has 28 heavy (non-hydrogen) atoms. The number of benzene rings is 2. The van der Waals surface area contributed by atoms with E-state index in [1.54, 1.807) is 36.4 Å². The third-order valence-electron chi connectivity index (χ3n) is 4.27. The lowest BCUT2D eigenvalue weighted by Gasteiger charge is -2.30. The third-order valence-corrected chi connectivity index (χ3v) is 5.72. The van der Waals surface area contributed by atoms with Crippen LogP contribution >= 0.6 is 0 Å². The Morgan fingerprint density at radius 2 is 1.82 bits per heavy atom. The lowest BCUT2D eigenvalue weighted by molar-refractivity contribution is -0.121. The maximum atomic E-state index is 12.6. The van der Waals surface area contributed by atoms with Crippen LogP contribution in [0.5, 0.6) is 5.75 Å². The Morgan fingerprint density at radius 1 is 1.11 bits per heavy atom. The number of fused-ring (bicyclic) bond motifs is 1. The first kappa shape index (κ1) is 19.7. The number of nitrogens with one attached hydrogen (secondary N) is 1. The molecule has 3 N–H and O–H groups in total. The van der Waals surface area contributed by atoms with Crippen LogP contribution in [0.3, 0.4) is 0 Å². The molecule has 8 nitrogen and oxygen atoms in total. The molecule has 0 fully saturated rings. The van der Waals surface area contributed by atoms with Crippen molar-refractivity contribution in [3.63, 3.8) is 0 Å². The summed E-state index contributed by atoms with van der Waals surface area (Å²) in [6.07, 6.45) is 1.58. The Morgan fingerprint density at radius 3 is 2.54 bits per heavy atom. The van der Waals surface area contributed by atoms with E-state index in [0.717, 1.165) is 17.5 Å². The molecule has 0 unspecified atom stereocenters. The summed E-state index contributed by atoms with van der Waals surface area (Å²) in [6.45, 7) is -0.147. The molecular weight excluding hydrogens is 382 g/mol. The van der Waals surface area contributed by atoms with Gasteiger partial charge in [-0.25, -0.2) is 4.72 Å². The minimum Gasteiger partial charge on any atom is -0.484 e. The molecule has 1 aliphatic rings. The highest BCUT2D eigenvalue weighted by Crippen LogP contribution is 2.28. The van der Waals surface area contributed by atoms with Gasteiger partial charge in [0, 0.05) is 6.54 Å². The molecule has 148 valence electrons. The van der Waals surface area contributed by atoms with Gasteiger partial charge in [0.1, 0.15) is 5.75 Å². The van der Waals surface area contributed by atoms with Crippen molar-refractivity contribution >= 4 is 27.7 Å². The highest BCUT2D eigenvalue weighted by atomic mass is 32.2. The van der Waals surface area contributed by atoms with E-state index in [2.05, 4.69) is 0 Å². The fourth-order valence-electron chi connectivity index (χ4n) is 3.03. The number of para-hydroxylation sites is 1. The zero-order valence-electron chi connectivity index (χ0n) is 15.1.